The van der Waals surface area contributed by atoms with Gasteiger partial charge in [-0.3, -0.25) is 9.59 Å². The molecule has 2 aromatic carbocycles. The first kappa shape index (κ1) is 20.6. The number of hydrogen-bond acceptors (Lipinski definition) is 3. The molecule has 4 amide bonds. The molecule has 0 radical (unpaired) electrons. The van der Waals surface area contributed by atoms with E-state index < -0.39 is 6.03 Å². The number of hydrogen-bond donors (Lipinski definition) is 1. The quantitative estimate of drug-likeness (QED) is 0.677. The fourth-order valence-electron chi connectivity index (χ4n) is 4.33. The van der Waals surface area contributed by atoms with Gasteiger partial charge in [-0.15, -0.1) is 0 Å². The highest BCUT2D eigenvalue weighted by molar-refractivity contribution is 9.09. The molecule has 6 nitrogen and oxygen atoms in total. The van der Waals surface area contributed by atoms with Gasteiger partial charge in [0.25, 0.3) is 0 Å². The summed E-state index contributed by atoms with van der Waals surface area (Å²) in [5, 5.41) is 2.90. The molecular formula is C23H24BrN3O3. The van der Waals surface area contributed by atoms with Crippen LogP contribution >= 0.6 is 15.9 Å². The number of nitrogens with one attached hydrogen (secondary N) is 1. The average Bonchev–Trinajstić information content (AvgIpc) is 2.74. The van der Waals surface area contributed by atoms with Crippen molar-refractivity contribution >= 4 is 45.2 Å². The lowest BCUT2D eigenvalue weighted by molar-refractivity contribution is -0.128. The molecule has 0 spiro atoms. The molecule has 2 aliphatic rings. The van der Waals surface area contributed by atoms with Gasteiger partial charge in [-0.1, -0.05) is 52.3 Å². The zero-order valence-corrected chi connectivity index (χ0v) is 18.3. The lowest BCUT2D eigenvalue weighted by Crippen LogP contribution is -2.64. The predicted molar refractivity (Wildman–Crippen MR) is 120 cm³/mol. The van der Waals surface area contributed by atoms with Crippen molar-refractivity contribution in [2.24, 2.45) is 5.92 Å². The Morgan fingerprint density at radius 3 is 2.50 bits per heavy atom. The highest BCUT2D eigenvalue weighted by Crippen LogP contribution is 2.38. The van der Waals surface area contributed by atoms with E-state index in [-0.39, 0.29) is 35.1 Å². The number of amides is 4. The third kappa shape index (κ3) is 3.99. The third-order valence-corrected chi connectivity index (χ3v) is 6.70. The van der Waals surface area contributed by atoms with Crippen molar-refractivity contribution in [1.29, 1.82) is 0 Å². The van der Waals surface area contributed by atoms with E-state index in [1.807, 2.05) is 37.3 Å². The van der Waals surface area contributed by atoms with E-state index >= 15 is 0 Å². The van der Waals surface area contributed by atoms with E-state index in [1.54, 1.807) is 29.2 Å². The number of imide groups is 1. The van der Waals surface area contributed by atoms with Crippen molar-refractivity contribution in [1.82, 2.24) is 4.90 Å². The lowest BCUT2D eigenvalue weighted by Gasteiger charge is -2.47. The predicted octanol–water partition coefficient (Wildman–Crippen LogP) is 4.33. The average molecular weight is 470 g/mol. The van der Waals surface area contributed by atoms with Crippen molar-refractivity contribution in [3.63, 3.8) is 0 Å². The first-order valence-corrected chi connectivity index (χ1v) is 11.1. The summed E-state index contributed by atoms with van der Waals surface area (Å²) in [6.07, 6.45) is 2.21. The van der Waals surface area contributed by atoms with Crippen LogP contribution in [0.15, 0.2) is 54.6 Å². The smallest absolute Gasteiger partial charge is 0.324 e. The van der Waals surface area contributed by atoms with Gasteiger partial charge in [0.1, 0.15) is 6.54 Å². The minimum atomic E-state index is -0.430. The maximum Gasteiger partial charge on any atom is 0.332 e. The van der Waals surface area contributed by atoms with E-state index in [4.69, 9.17) is 0 Å². The molecule has 1 aliphatic heterocycles. The largest absolute Gasteiger partial charge is 0.332 e. The molecular weight excluding hydrogens is 446 g/mol. The standard InChI is InChI=1S/C23H24BrN3O3/c1-15-7-5-6-10-19(15)25-21(28)14-26-20-12-11-16(24)13-18(20)22(29)27(23(26)30)17-8-3-2-4-9-17/h2-10,16,18,20H,11-14H2,1H3,(H,25,28). The van der Waals surface area contributed by atoms with Gasteiger partial charge >= 0.3 is 6.03 Å². The summed E-state index contributed by atoms with van der Waals surface area (Å²) in [5.74, 6) is -0.775. The summed E-state index contributed by atoms with van der Waals surface area (Å²) in [7, 11) is 0. The first-order chi connectivity index (χ1) is 14.5. The third-order valence-electron chi connectivity index (χ3n) is 5.87. The number of benzene rings is 2. The van der Waals surface area contributed by atoms with Crippen molar-refractivity contribution in [2.45, 2.75) is 37.1 Å². The van der Waals surface area contributed by atoms with Gasteiger partial charge in [0.05, 0.1) is 11.6 Å². The number of alkyl halides is 1. The van der Waals surface area contributed by atoms with Crippen LogP contribution in [0.2, 0.25) is 0 Å². The van der Waals surface area contributed by atoms with Crippen LogP contribution in [0, 0.1) is 12.8 Å². The molecule has 1 aliphatic carbocycles. The topological polar surface area (TPSA) is 69.7 Å². The number of urea groups is 1. The number of halogens is 1. The normalized spacial score (nSPS) is 23.9. The Bertz CT molecular complexity index is 965. The molecule has 30 heavy (non-hydrogen) atoms. The number of aryl methyl sites for hydroxylation is 1. The minimum Gasteiger partial charge on any atom is -0.324 e. The highest BCUT2D eigenvalue weighted by Gasteiger charge is 2.49. The summed E-state index contributed by atoms with van der Waals surface area (Å²) in [6.45, 7) is 1.84. The molecule has 0 aromatic heterocycles. The zero-order valence-electron chi connectivity index (χ0n) is 16.8. The van der Waals surface area contributed by atoms with E-state index in [0.29, 0.717) is 18.5 Å². The van der Waals surface area contributed by atoms with Crippen molar-refractivity contribution < 1.29 is 14.4 Å². The number of nitrogens with zero attached hydrogens (tertiary/aromatic N) is 2. The van der Waals surface area contributed by atoms with Gasteiger partial charge < -0.3 is 10.2 Å². The molecule has 1 saturated heterocycles. The Hall–Kier alpha value is -2.67. The Morgan fingerprint density at radius 1 is 1.07 bits per heavy atom. The molecule has 156 valence electrons. The maximum absolute atomic E-state index is 13.4. The number of anilines is 2. The molecule has 4 rings (SSSR count). The van der Waals surface area contributed by atoms with Crippen molar-refractivity contribution in [3.8, 4) is 0 Å². The Kier molecular flexibility index (Phi) is 5.90. The zero-order chi connectivity index (χ0) is 21.3. The van der Waals surface area contributed by atoms with Gasteiger partial charge in [0.2, 0.25) is 11.8 Å². The molecule has 7 heteroatoms. The highest BCUT2D eigenvalue weighted by atomic mass is 79.9. The number of rotatable bonds is 4. The monoisotopic (exact) mass is 469 g/mol. The summed E-state index contributed by atoms with van der Waals surface area (Å²) >= 11 is 3.64. The molecule has 0 bridgehead atoms. The van der Waals surface area contributed by atoms with Crippen LogP contribution < -0.4 is 10.2 Å². The van der Waals surface area contributed by atoms with Gasteiger partial charge in [0, 0.05) is 16.6 Å². The van der Waals surface area contributed by atoms with E-state index in [9.17, 15) is 14.4 Å². The summed E-state index contributed by atoms with van der Waals surface area (Å²) in [4.78, 5) is 42.5. The van der Waals surface area contributed by atoms with Gasteiger partial charge in [-0.05, 0) is 49.9 Å². The molecule has 1 N–H and O–H groups in total. The van der Waals surface area contributed by atoms with Crippen LogP contribution in [0.25, 0.3) is 0 Å². The van der Waals surface area contributed by atoms with Crippen LogP contribution in [-0.4, -0.2) is 40.2 Å². The number of carbonyl (C=O) groups is 3. The maximum atomic E-state index is 13.4. The first-order valence-electron chi connectivity index (χ1n) is 10.1. The second-order valence-electron chi connectivity index (χ2n) is 7.87. The summed E-state index contributed by atoms with van der Waals surface area (Å²) in [5.41, 5.74) is 2.21. The number of carbonyl (C=O) groups excluding carboxylic acids is 3. The fourth-order valence-corrected chi connectivity index (χ4v) is 5.00. The second kappa shape index (κ2) is 8.60. The second-order valence-corrected chi connectivity index (χ2v) is 9.16. The molecule has 3 unspecified atom stereocenters. The van der Waals surface area contributed by atoms with Crippen molar-refractivity contribution in [2.75, 3.05) is 16.8 Å². The van der Waals surface area contributed by atoms with Crippen LogP contribution in [0.4, 0.5) is 16.2 Å². The van der Waals surface area contributed by atoms with E-state index in [0.717, 1.165) is 17.7 Å². The Labute approximate surface area is 184 Å². The van der Waals surface area contributed by atoms with Gasteiger partial charge in [0.15, 0.2) is 0 Å². The van der Waals surface area contributed by atoms with Gasteiger partial charge in [-0.2, -0.15) is 0 Å². The van der Waals surface area contributed by atoms with Crippen LogP contribution in [-0.2, 0) is 9.59 Å². The molecule has 3 atom stereocenters. The van der Waals surface area contributed by atoms with E-state index in [1.165, 1.54) is 4.90 Å². The van der Waals surface area contributed by atoms with Crippen LogP contribution in [0.5, 0.6) is 0 Å². The van der Waals surface area contributed by atoms with Crippen molar-refractivity contribution in [3.05, 3.63) is 60.2 Å². The molecule has 1 saturated carbocycles. The van der Waals surface area contributed by atoms with Gasteiger partial charge in [-0.25, -0.2) is 9.69 Å². The minimum absolute atomic E-state index is 0.0854. The fraction of sp³-hybridized carbons (Fsp3) is 0.348. The summed E-state index contributed by atoms with van der Waals surface area (Å²) < 4.78 is 0. The number of para-hydroxylation sites is 2. The van der Waals surface area contributed by atoms with Crippen LogP contribution in [0.1, 0.15) is 24.8 Å². The Morgan fingerprint density at radius 2 is 1.77 bits per heavy atom. The molecule has 1 heterocycles. The Balaban J connectivity index is 1.61. The SMILES string of the molecule is Cc1ccccc1NC(=O)CN1C(=O)N(c2ccccc2)C(=O)C2CC(Br)CCC21. The lowest BCUT2D eigenvalue weighted by atomic mass is 9.81. The van der Waals surface area contributed by atoms with E-state index in [2.05, 4.69) is 21.2 Å². The molecule has 2 fully saturated rings. The number of fused-ring (bicyclic) bond motifs is 1. The summed E-state index contributed by atoms with van der Waals surface area (Å²) in [6, 6.07) is 15.8. The van der Waals surface area contributed by atoms with Crippen LogP contribution in [0.3, 0.4) is 0 Å². The molecule has 2 aromatic rings.